The Morgan fingerprint density at radius 2 is 1.77 bits per heavy atom. The van der Waals surface area contributed by atoms with Crippen molar-refractivity contribution >= 4 is 12.4 Å². The lowest BCUT2D eigenvalue weighted by Crippen LogP contribution is -2.34. The van der Waals surface area contributed by atoms with Gasteiger partial charge < -0.3 is 12.9 Å². The lowest BCUT2D eigenvalue weighted by Gasteiger charge is -2.15. The molecule has 0 aliphatic rings. The molecule has 1 aromatic carbocycles. The van der Waals surface area contributed by atoms with Crippen LogP contribution < -0.4 is 5.46 Å². The molecular formula is C8H8BF4-. The first-order chi connectivity index (χ1) is 5.93. The molecule has 0 saturated heterocycles. The van der Waals surface area contributed by atoms with Crippen molar-refractivity contribution in [2.75, 3.05) is 0 Å². The van der Waals surface area contributed by atoms with E-state index in [1.54, 1.807) is 6.92 Å². The summed E-state index contributed by atoms with van der Waals surface area (Å²) < 4.78 is 49.2. The van der Waals surface area contributed by atoms with E-state index in [0.717, 1.165) is 12.1 Å². The Labute approximate surface area is 73.6 Å². The van der Waals surface area contributed by atoms with E-state index in [0.29, 0.717) is 18.1 Å². The number of rotatable bonds is 2. The molecule has 0 bridgehead atoms. The number of benzene rings is 1. The van der Waals surface area contributed by atoms with Crippen LogP contribution in [0, 0.1) is 5.82 Å². The molecule has 1 rings (SSSR count). The van der Waals surface area contributed by atoms with E-state index in [4.69, 9.17) is 0 Å². The number of halogens is 4. The molecule has 0 atom stereocenters. The van der Waals surface area contributed by atoms with Crippen molar-refractivity contribution in [1.29, 1.82) is 0 Å². The van der Waals surface area contributed by atoms with Crippen molar-refractivity contribution in [2.45, 2.75) is 13.3 Å². The highest BCUT2D eigenvalue weighted by Crippen LogP contribution is 2.12. The van der Waals surface area contributed by atoms with Gasteiger partial charge in [-0.15, -0.1) is 5.46 Å². The highest BCUT2D eigenvalue weighted by Gasteiger charge is 2.26. The van der Waals surface area contributed by atoms with Gasteiger partial charge in [-0.05, 0) is 18.1 Å². The molecule has 0 heterocycles. The molecule has 0 aromatic heterocycles. The summed E-state index contributed by atoms with van der Waals surface area (Å²) in [7, 11) is 0. The summed E-state index contributed by atoms with van der Waals surface area (Å²) in [5, 5.41) is 0. The van der Waals surface area contributed by atoms with Crippen molar-refractivity contribution < 1.29 is 17.3 Å². The second-order valence-electron chi connectivity index (χ2n) is 2.82. The monoisotopic (exact) mass is 191 g/mol. The van der Waals surface area contributed by atoms with Crippen LogP contribution in [-0.4, -0.2) is 6.98 Å². The SMILES string of the molecule is CCc1cc(F)cc([B-](F)(F)F)c1. The van der Waals surface area contributed by atoms with Gasteiger partial charge >= 0.3 is 6.98 Å². The Morgan fingerprint density at radius 3 is 2.23 bits per heavy atom. The van der Waals surface area contributed by atoms with Crippen molar-refractivity contribution in [2.24, 2.45) is 0 Å². The normalized spacial score (nSPS) is 11.8. The maximum atomic E-state index is 12.7. The fraction of sp³-hybridized carbons (Fsp3) is 0.250. The summed E-state index contributed by atoms with van der Waals surface area (Å²) in [5.74, 6) is -0.825. The number of aryl methyl sites for hydroxylation is 1. The van der Waals surface area contributed by atoms with E-state index in [2.05, 4.69) is 0 Å². The highest BCUT2D eigenvalue weighted by molar-refractivity contribution is 6.73. The molecule has 13 heavy (non-hydrogen) atoms. The second-order valence-corrected chi connectivity index (χ2v) is 2.82. The van der Waals surface area contributed by atoms with Gasteiger partial charge in [0.15, 0.2) is 0 Å². The van der Waals surface area contributed by atoms with Crippen LogP contribution in [0.5, 0.6) is 0 Å². The fourth-order valence-electron chi connectivity index (χ4n) is 1.07. The minimum atomic E-state index is -5.09. The Balaban J connectivity index is 3.16. The van der Waals surface area contributed by atoms with Crippen molar-refractivity contribution in [3.63, 3.8) is 0 Å². The molecule has 5 heteroatoms. The van der Waals surface area contributed by atoms with E-state index in [1.165, 1.54) is 0 Å². The first-order valence-electron chi connectivity index (χ1n) is 3.93. The maximum absolute atomic E-state index is 12.7. The quantitative estimate of drug-likeness (QED) is 0.497. The molecular weight excluding hydrogens is 183 g/mol. The lowest BCUT2D eigenvalue weighted by atomic mass is 9.79. The minimum Gasteiger partial charge on any atom is -0.445 e. The molecule has 0 amide bonds. The topological polar surface area (TPSA) is 0 Å². The Kier molecular flexibility index (Phi) is 2.64. The Bertz CT molecular complexity index is 306. The molecule has 0 saturated carbocycles. The smallest absolute Gasteiger partial charge is 0.445 e. The number of hydrogen-bond acceptors (Lipinski definition) is 0. The molecule has 72 valence electrons. The van der Waals surface area contributed by atoms with Crippen LogP contribution in [0.25, 0.3) is 0 Å². The molecule has 0 spiro atoms. The zero-order chi connectivity index (χ0) is 10.1. The van der Waals surface area contributed by atoms with Crippen molar-refractivity contribution in [3.05, 3.63) is 29.6 Å². The summed E-state index contributed by atoms with van der Waals surface area (Å²) in [6.07, 6.45) is 0.400. The molecule has 0 aliphatic heterocycles. The van der Waals surface area contributed by atoms with Gasteiger partial charge in [0.25, 0.3) is 0 Å². The third kappa shape index (κ3) is 2.47. The van der Waals surface area contributed by atoms with Crippen LogP contribution in [0.1, 0.15) is 12.5 Å². The van der Waals surface area contributed by atoms with Gasteiger partial charge in [-0.25, -0.2) is 4.39 Å². The minimum absolute atomic E-state index is 0.370. The van der Waals surface area contributed by atoms with Crippen molar-refractivity contribution in [3.8, 4) is 0 Å². The van der Waals surface area contributed by atoms with E-state index in [1.807, 2.05) is 0 Å². The average molecular weight is 191 g/mol. The lowest BCUT2D eigenvalue weighted by molar-refractivity contribution is 0.499. The fourth-order valence-corrected chi connectivity index (χ4v) is 1.07. The molecule has 0 aliphatic carbocycles. The van der Waals surface area contributed by atoms with Gasteiger partial charge in [-0.3, -0.25) is 0 Å². The molecule has 0 N–H and O–H groups in total. The third-order valence-corrected chi connectivity index (χ3v) is 1.77. The summed E-state index contributed by atoms with van der Waals surface area (Å²) >= 11 is 0. The summed E-state index contributed by atoms with van der Waals surface area (Å²) in [6, 6.07) is 2.63. The second kappa shape index (κ2) is 3.40. The Morgan fingerprint density at radius 1 is 1.15 bits per heavy atom. The molecule has 0 unspecified atom stereocenters. The van der Waals surface area contributed by atoms with Gasteiger partial charge in [0.1, 0.15) is 5.82 Å². The molecule has 0 nitrogen and oxygen atoms in total. The highest BCUT2D eigenvalue weighted by atomic mass is 19.4. The maximum Gasteiger partial charge on any atom is 0.509 e. The summed E-state index contributed by atoms with van der Waals surface area (Å²) in [4.78, 5) is 0. The predicted molar refractivity (Wildman–Crippen MR) is 44.5 cm³/mol. The van der Waals surface area contributed by atoms with Gasteiger partial charge in [-0.2, -0.15) is 0 Å². The van der Waals surface area contributed by atoms with Crippen LogP contribution in [0.15, 0.2) is 18.2 Å². The van der Waals surface area contributed by atoms with Gasteiger partial charge in [0, 0.05) is 0 Å². The van der Waals surface area contributed by atoms with E-state index >= 15 is 0 Å². The molecule has 0 radical (unpaired) electrons. The third-order valence-electron chi connectivity index (χ3n) is 1.77. The summed E-state index contributed by atoms with van der Waals surface area (Å²) in [6.45, 7) is -3.41. The first-order valence-corrected chi connectivity index (χ1v) is 3.93. The number of hydrogen-bond donors (Lipinski definition) is 0. The standard InChI is InChI=1S/C8H8BF4/c1-2-6-3-7(9(11,12)13)5-8(10)4-6/h3-5H,2H2,1H3/q-1. The summed E-state index contributed by atoms with van der Waals surface area (Å²) in [5.41, 5.74) is -0.494. The predicted octanol–water partition coefficient (Wildman–Crippen LogP) is 2.44. The zero-order valence-electron chi connectivity index (χ0n) is 7.03. The van der Waals surface area contributed by atoms with Gasteiger partial charge in [0.05, 0.1) is 0 Å². The van der Waals surface area contributed by atoms with Gasteiger partial charge in [0.2, 0.25) is 0 Å². The zero-order valence-corrected chi connectivity index (χ0v) is 7.03. The van der Waals surface area contributed by atoms with Crippen LogP contribution in [0.4, 0.5) is 17.3 Å². The largest absolute Gasteiger partial charge is 0.509 e. The van der Waals surface area contributed by atoms with E-state index < -0.39 is 18.3 Å². The van der Waals surface area contributed by atoms with Crippen LogP contribution in [-0.2, 0) is 6.42 Å². The van der Waals surface area contributed by atoms with Gasteiger partial charge in [-0.1, -0.05) is 19.1 Å². The molecule has 1 aromatic rings. The average Bonchev–Trinajstić information content (AvgIpc) is 2.01. The van der Waals surface area contributed by atoms with E-state index in [9.17, 15) is 17.3 Å². The van der Waals surface area contributed by atoms with Crippen LogP contribution >= 0.6 is 0 Å². The first kappa shape index (κ1) is 10.1. The van der Waals surface area contributed by atoms with E-state index in [-0.39, 0.29) is 0 Å². The van der Waals surface area contributed by atoms with Crippen LogP contribution in [0.3, 0.4) is 0 Å². The molecule has 0 fully saturated rings. The van der Waals surface area contributed by atoms with Crippen LogP contribution in [0.2, 0.25) is 0 Å². The Hall–Kier alpha value is -0.995. The van der Waals surface area contributed by atoms with Crippen molar-refractivity contribution in [1.82, 2.24) is 0 Å².